The Balaban J connectivity index is 2.66. The van der Waals surface area contributed by atoms with Gasteiger partial charge in [-0.05, 0) is 15.9 Å². The first-order valence-corrected chi connectivity index (χ1v) is 5.25. The summed E-state index contributed by atoms with van der Waals surface area (Å²) in [6.45, 7) is 0. The standard InChI is InChI=1S/C10H9BrN2O3/c1-15-7-3-9-12-8(11)5-13(9)4-6(7)10(14)16-2/h3-5H,1-2H3. The summed E-state index contributed by atoms with van der Waals surface area (Å²) in [6.07, 6.45) is 3.37. The molecule has 0 unspecified atom stereocenters. The molecule has 16 heavy (non-hydrogen) atoms. The smallest absolute Gasteiger partial charge is 0.343 e. The minimum Gasteiger partial charge on any atom is -0.496 e. The molecule has 84 valence electrons. The molecule has 0 N–H and O–H groups in total. The van der Waals surface area contributed by atoms with Crippen LogP contribution in [0.2, 0.25) is 0 Å². The summed E-state index contributed by atoms with van der Waals surface area (Å²) in [5, 5.41) is 0. The number of nitrogens with zero attached hydrogens (tertiary/aromatic N) is 2. The molecule has 0 atom stereocenters. The third kappa shape index (κ3) is 1.76. The second kappa shape index (κ2) is 4.13. The molecule has 2 aromatic rings. The van der Waals surface area contributed by atoms with Crippen molar-refractivity contribution in [3.05, 3.63) is 28.6 Å². The fourth-order valence-electron chi connectivity index (χ4n) is 1.42. The van der Waals surface area contributed by atoms with Crippen LogP contribution in [0.1, 0.15) is 10.4 Å². The second-order valence-corrected chi connectivity index (χ2v) is 3.89. The van der Waals surface area contributed by atoms with Crippen LogP contribution in [0.3, 0.4) is 0 Å². The lowest BCUT2D eigenvalue weighted by Gasteiger charge is -2.06. The number of aromatic nitrogens is 2. The van der Waals surface area contributed by atoms with Crippen molar-refractivity contribution in [1.82, 2.24) is 9.38 Å². The Morgan fingerprint density at radius 2 is 2.19 bits per heavy atom. The normalized spacial score (nSPS) is 10.4. The van der Waals surface area contributed by atoms with E-state index < -0.39 is 5.97 Å². The van der Waals surface area contributed by atoms with E-state index in [0.29, 0.717) is 21.6 Å². The van der Waals surface area contributed by atoms with E-state index in [4.69, 9.17) is 4.74 Å². The van der Waals surface area contributed by atoms with Gasteiger partial charge in [-0.3, -0.25) is 0 Å². The lowest BCUT2D eigenvalue weighted by Crippen LogP contribution is -2.05. The monoisotopic (exact) mass is 284 g/mol. The highest BCUT2D eigenvalue weighted by atomic mass is 79.9. The van der Waals surface area contributed by atoms with Crippen LogP contribution in [-0.2, 0) is 4.74 Å². The van der Waals surface area contributed by atoms with E-state index in [1.807, 2.05) is 0 Å². The fourth-order valence-corrected chi connectivity index (χ4v) is 1.82. The first-order valence-electron chi connectivity index (χ1n) is 4.46. The van der Waals surface area contributed by atoms with Gasteiger partial charge in [-0.2, -0.15) is 0 Å². The maximum atomic E-state index is 11.5. The summed E-state index contributed by atoms with van der Waals surface area (Å²) in [4.78, 5) is 15.7. The summed E-state index contributed by atoms with van der Waals surface area (Å²) < 4.78 is 12.2. The molecule has 0 spiro atoms. The zero-order valence-electron chi connectivity index (χ0n) is 8.73. The number of methoxy groups -OCH3 is 2. The Morgan fingerprint density at radius 1 is 1.44 bits per heavy atom. The highest BCUT2D eigenvalue weighted by Crippen LogP contribution is 2.22. The summed E-state index contributed by atoms with van der Waals surface area (Å²) in [7, 11) is 2.83. The molecule has 2 heterocycles. The number of ether oxygens (including phenoxy) is 2. The second-order valence-electron chi connectivity index (χ2n) is 3.08. The van der Waals surface area contributed by atoms with E-state index in [1.165, 1.54) is 14.2 Å². The van der Waals surface area contributed by atoms with E-state index in [0.717, 1.165) is 0 Å². The Kier molecular flexibility index (Phi) is 2.82. The zero-order chi connectivity index (χ0) is 11.7. The topological polar surface area (TPSA) is 52.8 Å². The maximum Gasteiger partial charge on any atom is 0.343 e. The molecule has 0 aliphatic rings. The van der Waals surface area contributed by atoms with E-state index in [1.54, 1.807) is 22.9 Å². The highest BCUT2D eigenvalue weighted by Gasteiger charge is 2.15. The van der Waals surface area contributed by atoms with Gasteiger partial charge >= 0.3 is 5.97 Å². The van der Waals surface area contributed by atoms with Gasteiger partial charge in [0.25, 0.3) is 0 Å². The summed E-state index contributed by atoms with van der Waals surface area (Å²) in [5.74, 6) is 0.000947. The first kappa shape index (κ1) is 10.9. The highest BCUT2D eigenvalue weighted by molar-refractivity contribution is 9.10. The molecule has 0 aromatic carbocycles. The number of halogens is 1. The largest absolute Gasteiger partial charge is 0.496 e. The average Bonchev–Trinajstić information content (AvgIpc) is 2.65. The van der Waals surface area contributed by atoms with Gasteiger partial charge in [0.1, 0.15) is 21.6 Å². The van der Waals surface area contributed by atoms with Crippen LogP contribution in [0.5, 0.6) is 5.75 Å². The predicted molar refractivity (Wildman–Crippen MR) is 60.8 cm³/mol. The van der Waals surface area contributed by atoms with Crippen LogP contribution in [-0.4, -0.2) is 29.6 Å². The Hall–Kier alpha value is -1.56. The molecule has 0 fully saturated rings. The number of rotatable bonds is 2. The summed E-state index contributed by atoms with van der Waals surface area (Å²) in [5.41, 5.74) is 1.05. The van der Waals surface area contributed by atoms with Crippen molar-refractivity contribution in [2.75, 3.05) is 14.2 Å². The maximum absolute atomic E-state index is 11.5. The number of carbonyl (C=O) groups is 1. The predicted octanol–water partition coefficient (Wildman–Crippen LogP) is 1.89. The van der Waals surface area contributed by atoms with Crippen molar-refractivity contribution < 1.29 is 14.3 Å². The van der Waals surface area contributed by atoms with E-state index in [2.05, 4.69) is 25.7 Å². The van der Waals surface area contributed by atoms with Gasteiger partial charge < -0.3 is 13.9 Å². The van der Waals surface area contributed by atoms with Gasteiger partial charge in [-0.15, -0.1) is 0 Å². The van der Waals surface area contributed by atoms with Crippen molar-refractivity contribution in [3.8, 4) is 5.75 Å². The number of fused-ring (bicyclic) bond motifs is 1. The van der Waals surface area contributed by atoms with Crippen LogP contribution in [0, 0.1) is 0 Å². The van der Waals surface area contributed by atoms with Gasteiger partial charge in [-0.1, -0.05) is 0 Å². The first-order chi connectivity index (χ1) is 7.65. The number of esters is 1. The van der Waals surface area contributed by atoms with Crippen molar-refractivity contribution in [1.29, 1.82) is 0 Å². The fraction of sp³-hybridized carbons (Fsp3) is 0.200. The Bertz CT molecular complexity index is 550. The third-order valence-electron chi connectivity index (χ3n) is 2.15. The molecule has 0 saturated carbocycles. The van der Waals surface area contributed by atoms with Crippen LogP contribution in [0.15, 0.2) is 23.1 Å². The number of pyridine rings is 1. The van der Waals surface area contributed by atoms with Crippen molar-refractivity contribution in [2.24, 2.45) is 0 Å². The molecule has 0 aliphatic heterocycles. The minimum atomic E-state index is -0.441. The molecular formula is C10H9BrN2O3. The quantitative estimate of drug-likeness (QED) is 0.791. The third-order valence-corrected chi connectivity index (χ3v) is 2.53. The Morgan fingerprint density at radius 3 is 2.81 bits per heavy atom. The average molecular weight is 285 g/mol. The van der Waals surface area contributed by atoms with Gasteiger partial charge in [0.15, 0.2) is 0 Å². The van der Waals surface area contributed by atoms with Crippen LogP contribution < -0.4 is 4.74 Å². The molecule has 2 rings (SSSR count). The number of hydrogen-bond acceptors (Lipinski definition) is 4. The molecule has 5 nitrogen and oxygen atoms in total. The molecule has 0 saturated heterocycles. The number of carbonyl (C=O) groups excluding carboxylic acids is 1. The van der Waals surface area contributed by atoms with Gasteiger partial charge in [0, 0.05) is 18.5 Å². The van der Waals surface area contributed by atoms with Crippen LogP contribution in [0.25, 0.3) is 5.65 Å². The molecule has 0 amide bonds. The molecule has 2 aromatic heterocycles. The van der Waals surface area contributed by atoms with E-state index in [9.17, 15) is 4.79 Å². The Labute approximate surface area is 100 Å². The SMILES string of the molecule is COC(=O)c1cn2cc(Br)nc2cc1OC. The zero-order valence-corrected chi connectivity index (χ0v) is 10.3. The minimum absolute atomic E-state index is 0.363. The molecular weight excluding hydrogens is 276 g/mol. The van der Waals surface area contributed by atoms with Crippen LogP contribution >= 0.6 is 15.9 Å². The lowest BCUT2D eigenvalue weighted by atomic mass is 10.2. The van der Waals surface area contributed by atoms with Crippen molar-refractivity contribution >= 4 is 27.5 Å². The molecule has 0 aliphatic carbocycles. The summed E-state index contributed by atoms with van der Waals surface area (Å²) in [6, 6.07) is 1.68. The van der Waals surface area contributed by atoms with Gasteiger partial charge in [-0.25, -0.2) is 9.78 Å². The van der Waals surface area contributed by atoms with E-state index in [-0.39, 0.29) is 0 Å². The molecule has 0 bridgehead atoms. The van der Waals surface area contributed by atoms with Gasteiger partial charge in [0.05, 0.1) is 14.2 Å². The number of imidazole rings is 1. The lowest BCUT2D eigenvalue weighted by molar-refractivity contribution is 0.0596. The number of hydrogen-bond donors (Lipinski definition) is 0. The van der Waals surface area contributed by atoms with E-state index >= 15 is 0 Å². The molecule has 0 radical (unpaired) electrons. The van der Waals surface area contributed by atoms with Crippen molar-refractivity contribution in [3.63, 3.8) is 0 Å². The van der Waals surface area contributed by atoms with Crippen molar-refractivity contribution in [2.45, 2.75) is 0 Å². The molecule has 6 heteroatoms. The van der Waals surface area contributed by atoms with Crippen LogP contribution in [0.4, 0.5) is 0 Å². The summed E-state index contributed by atoms with van der Waals surface area (Å²) >= 11 is 3.26. The van der Waals surface area contributed by atoms with Gasteiger partial charge in [0.2, 0.25) is 0 Å².